The third-order valence-corrected chi connectivity index (χ3v) is 10.9. The molecular formula is C49H36BBr7F6LiO4+. The maximum Gasteiger partial charge on any atom is 1.00 e. The molecule has 8 aromatic carbocycles. The van der Waals surface area contributed by atoms with Crippen molar-refractivity contribution < 1.29 is 66.5 Å². The van der Waals surface area contributed by atoms with E-state index in [9.17, 15) is 26.3 Å². The van der Waals surface area contributed by atoms with Crippen molar-refractivity contribution in [1.82, 2.24) is 0 Å². The first-order valence-electron chi connectivity index (χ1n) is 18.7. The van der Waals surface area contributed by atoms with Crippen LogP contribution in [0.15, 0.2) is 207 Å². The molecular weight excluding hydrogens is 1340 g/mol. The maximum absolute atomic E-state index is 13.3. The topological polar surface area (TPSA) is 69.9 Å². The van der Waals surface area contributed by atoms with Crippen LogP contribution in [0.4, 0.5) is 26.3 Å². The van der Waals surface area contributed by atoms with Crippen molar-refractivity contribution in [1.29, 1.82) is 0 Å². The summed E-state index contributed by atoms with van der Waals surface area (Å²) < 4.78 is 86.0. The molecule has 0 aromatic heterocycles. The summed E-state index contributed by atoms with van der Waals surface area (Å²) in [5.41, 5.74) is 0.545. The predicted molar refractivity (Wildman–Crippen MR) is 281 cm³/mol. The molecule has 0 saturated carbocycles. The van der Waals surface area contributed by atoms with Gasteiger partial charge in [-0.05, 0) is 134 Å². The van der Waals surface area contributed by atoms with Gasteiger partial charge in [0.1, 0.15) is 23.2 Å². The Morgan fingerprint density at radius 2 is 0.912 bits per heavy atom. The van der Waals surface area contributed by atoms with E-state index in [4.69, 9.17) is 19.9 Å². The van der Waals surface area contributed by atoms with Gasteiger partial charge in [-0.2, -0.15) is 12.1 Å². The Morgan fingerprint density at radius 3 is 1.32 bits per heavy atom. The number of rotatable bonds is 3. The smallest absolute Gasteiger partial charge is 0.505 e. The number of hydrogen-bond donors (Lipinski definition) is 3. The first kappa shape index (κ1) is 62.9. The van der Waals surface area contributed by atoms with E-state index in [-0.39, 0.29) is 60.5 Å². The van der Waals surface area contributed by atoms with Crippen LogP contribution in [0, 0.1) is 47.9 Å². The fourth-order valence-electron chi connectivity index (χ4n) is 4.21. The fourth-order valence-corrected chi connectivity index (χ4v) is 6.57. The Morgan fingerprint density at radius 1 is 0.471 bits per heavy atom. The largest absolute Gasteiger partial charge is 1.00 e. The molecule has 0 saturated heterocycles. The van der Waals surface area contributed by atoms with Crippen molar-refractivity contribution in [2.75, 3.05) is 0 Å². The number of ether oxygens (including phenoxy) is 1. The van der Waals surface area contributed by atoms with Gasteiger partial charge in [0, 0.05) is 38.1 Å². The zero-order valence-electron chi connectivity index (χ0n) is 36.5. The molecule has 0 bridgehead atoms. The van der Waals surface area contributed by atoms with Crippen LogP contribution in [0.1, 0.15) is 6.99 Å². The van der Waals surface area contributed by atoms with E-state index in [1.807, 2.05) is 48.5 Å². The van der Waals surface area contributed by atoms with Crippen LogP contribution in [0.5, 0.6) is 17.2 Å². The molecule has 0 atom stereocenters. The molecule has 4 nitrogen and oxygen atoms in total. The van der Waals surface area contributed by atoms with Crippen molar-refractivity contribution in [2.24, 2.45) is 0 Å². The average Bonchev–Trinajstić information content (AvgIpc) is 3.30. The zero-order chi connectivity index (χ0) is 49.9. The number of aryl methyl sites for hydroxylation is 1. The summed E-state index contributed by atoms with van der Waals surface area (Å²) in [6.07, 6.45) is 0. The van der Waals surface area contributed by atoms with Crippen LogP contribution in [0.25, 0.3) is 0 Å². The van der Waals surface area contributed by atoms with E-state index >= 15 is 0 Å². The van der Waals surface area contributed by atoms with Gasteiger partial charge in [-0.1, -0.05) is 136 Å². The van der Waals surface area contributed by atoms with Gasteiger partial charge in [0.2, 0.25) is 0 Å². The molecule has 0 amide bonds. The van der Waals surface area contributed by atoms with E-state index in [1.54, 1.807) is 61.5 Å². The molecule has 0 fully saturated rings. The monoisotopic (exact) mass is 1370 g/mol. The van der Waals surface area contributed by atoms with Crippen LogP contribution < -0.4 is 29.1 Å². The van der Waals surface area contributed by atoms with Crippen molar-refractivity contribution in [3.63, 3.8) is 0 Å². The van der Waals surface area contributed by atoms with Crippen LogP contribution in [0.2, 0.25) is 0 Å². The second kappa shape index (κ2) is 35.1. The molecule has 0 heterocycles. The van der Waals surface area contributed by atoms with Gasteiger partial charge < -0.3 is 19.9 Å². The summed E-state index contributed by atoms with van der Waals surface area (Å²) in [6, 6.07) is 49.6. The number of phenolic OH excluding ortho intramolecular Hbond substituents is 1. The van der Waals surface area contributed by atoms with Crippen molar-refractivity contribution in [3.8, 4) is 17.2 Å². The van der Waals surface area contributed by atoms with E-state index < -0.39 is 18.8 Å². The van der Waals surface area contributed by atoms with Gasteiger partial charge in [0.05, 0.1) is 0 Å². The molecule has 0 radical (unpaired) electrons. The van der Waals surface area contributed by atoms with Gasteiger partial charge in [-0.3, -0.25) is 0 Å². The number of aromatic hydroxyl groups is 1. The summed E-state index contributed by atoms with van der Waals surface area (Å²) in [4.78, 5) is 0. The second-order valence-corrected chi connectivity index (χ2v) is 19.0. The molecule has 68 heavy (non-hydrogen) atoms. The van der Waals surface area contributed by atoms with Gasteiger partial charge in [-0.25, -0.2) is 26.3 Å². The zero-order valence-corrected chi connectivity index (χ0v) is 46.6. The summed E-state index contributed by atoms with van der Waals surface area (Å²) in [6.45, 7) is 1.74. The van der Waals surface area contributed by atoms with Gasteiger partial charge in [-0.15, -0.1) is 28.1 Å². The van der Waals surface area contributed by atoms with E-state index in [0.717, 1.165) is 22.4 Å². The quantitative estimate of drug-likeness (QED) is 0.0937. The standard InChI is InChI=1S/C12H8BrFO.C7H6BrF.C6H5BBrFO2.C6H4BrFO.C6H4BrF.C6H3BrF.C6H5Br.Li/c13-9-6-7-11(14)12(8-9)15-10-4-2-1-3-5-10;1-5-4-6(8)2-3-7(5)9;8-4-1-2-6(9)5(3-4)7(10)11;7-4-1-2-5(8)6(9)3-4;2*7-5-1-3-6(8)4-2-5;7-6-4-2-1-3-5-6;/h1-8H;2-4H,1H3;1-3,10-11H;1-3,9H;1-4H;1-3H;1-5H;/q;;;;;-1;;+1/p+1. The number of halogens is 13. The third-order valence-electron chi connectivity index (χ3n) is 7.40. The molecule has 0 aliphatic carbocycles. The molecule has 8 aromatic rings. The van der Waals surface area contributed by atoms with Crippen molar-refractivity contribution in [3.05, 3.63) is 254 Å². The number of benzene rings is 8. The van der Waals surface area contributed by atoms with E-state index in [0.29, 0.717) is 20.3 Å². The molecule has 0 aliphatic heterocycles. The predicted octanol–water partition coefficient (Wildman–Crippen LogP) is 14.4. The Hall–Kier alpha value is -3.12. The van der Waals surface area contributed by atoms with Crippen LogP contribution in [-0.4, -0.2) is 22.3 Å². The average molecular weight is 1380 g/mol. The molecule has 0 aliphatic rings. The Kier molecular flexibility index (Phi) is 32.4. The van der Waals surface area contributed by atoms with Crippen molar-refractivity contribution >= 4 is 124 Å². The van der Waals surface area contributed by atoms with Crippen molar-refractivity contribution in [2.45, 2.75) is 6.92 Å². The minimum absolute atomic E-state index is 0. The summed E-state index contributed by atoms with van der Waals surface area (Å²) in [7, 11) is -1.76. The Balaban J connectivity index is 0.000000790. The van der Waals surface area contributed by atoms with Crippen LogP contribution in [0.3, 0.4) is 0 Å². The first-order chi connectivity index (χ1) is 31.7. The Labute approximate surface area is 463 Å². The first-order valence-corrected chi connectivity index (χ1v) is 24.3. The molecule has 0 spiro atoms. The van der Waals surface area contributed by atoms with E-state index in [2.05, 4.69) is 118 Å². The summed E-state index contributed by atoms with van der Waals surface area (Å²) >= 11 is 22.3. The second-order valence-electron chi connectivity index (χ2n) is 12.6. The van der Waals surface area contributed by atoms with Crippen LogP contribution >= 0.6 is 112 Å². The molecule has 0 unspecified atom stereocenters. The molecule has 19 heteroatoms. The molecule has 3 N–H and O–H groups in total. The number of hydrogen-bond acceptors (Lipinski definition) is 4. The normalized spacial score (nSPS) is 9.41. The minimum Gasteiger partial charge on any atom is -0.505 e. The fraction of sp³-hybridized carbons (Fsp3) is 0.0204. The van der Waals surface area contributed by atoms with E-state index in [1.165, 1.54) is 72.8 Å². The Bertz CT molecular complexity index is 2540. The summed E-state index contributed by atoms with van der Waals surface area (Å²) in [5, 5.41) is 25.9. The third kappa shape index (κ3) is 27.9. The van der Waals surface area contributed by atoms with Crippen LogP contribution in [-0.2, 0) is 0 Å². The minimum atomic E-state index is -1.76. The van der Waals surface area contributed by atoms with Gasteiger partial charge in [0.15, 0.2) is 23.1 Å². The van der Waals surface area contributed by atoms with Gasteiger partial charge >= 0.3 is 27.4 Å². The molecule has 350 valence electrons. The molecule has 8 rings (SSSR count). The van der Waals surface area contributed by atoms with Gasteiger partial charge in [0.25, 0.3) is 0 Å². The maximum atomic E-state index is 13.3. The number of phenols is 1. The number of para-hydroxylation sites is 1. The SMILES string of the molecule is Brc1ccccc1.Cc1cc(Br)ccc1F.Fc1[c-]cc(Br)cc1.Fc1ccc(Br)cc1.Fc1ccc(Br)cc1Oc1ccccc1.OB(O)c1cc(Br)ccc1F.Oc1cc(Br)ccc1F.[H+].[Li+]. The summed E-state index contributed by atoms with van der Waals surface area (Å²) in [5.74, 6) is -1.77.